The summed E-state index contributed by atoms with van der Waals surface area (Å²) in [7, 11) is 0. The fraction of sp³-hybridized carbons (Fsp3) is 0.680. The fourth-order valence-electron chi connectivity index (χ4n) is 11.4. The van der Waals surface area contributed by atoms with Crippen molar-refractivity contribution in [2.45, 2.75) is 126 Å². The Hall–Kier alpha value is -3.50. The highest BCUT2D eigenvalue weighted by atomic mass is 32.2. The number of benzene rings is 2. The predicted molar refractivity (Wildman–Crippen MR) is 260 cm³/mol. The summed E-state index contributed by atoms with van der Waals surface area (Å²) < 4.78 is 5.57. The van der Waals surface area contributed by atoms with Crippen LogP contribution < -0.4 is 16.0 Å². The van der Waals surface area contributed by atoms with Crippen LogP contribution in [0.5, 0.6) is 0 Å². The molecule has 0 radical (unpaired) electrons. The van der Waals surface area contributed by atoms with E-state index >= 15 is 0 Å². The molecule has 6 unspecified atom stereocenters. The van der Waals surface area contributed by atoms with Crippen molar-refractivity contribution in [2.24, 2.45) is 11.8 Å². The summed E-state index contributed by atoms with van der Waals surface area (Å²) in [6.07, 6.45) is 13.1. The molecule has 2 aromatic carbocycles. The van der Waals surface area contributed by atoms with E-state index in [2.05, 4.69) is 71.6 Å². The molecule has 0 aromatic heterocycles. The van der Waals surface area contributed by atoms with E-state index in [0.717, 1.165) is 128 Å². The lowest BCUT2D eigenvalue weighted by Crippen LogP contribution is -2.65. The highest BCUT2D eigenvalue weighted by Gasteiger charge is 2.51. The smallest absolute Gasteiger partial charge is 0.321 e. The third kappa shape index (κ3) is 12.7. The molecule has 3 aliphatic carbocycles. The van der Waals surface area contributed by atoms with Crippen molar-refractivity contribution in [3.05, 3.63) is 71.3 Å². The van der Waals surface area contributed by atoms with Crippen molar-refractivity contribution in [2.75, 3.05) is 77.1 Å². The molecule has 0 bridgehead atoms. The number of rotatable bonds is 21. The first-order valence-corrected chi connectivity index (χ1v) is 27.0. The predicted octanol–water partition coefficient (Wildman–Crippen LogP) is 6.37. The Morgan fingerprint density at radius 1 is 0.708 bits per heavy atom. The molecule has 3 saturated carbocycles. The molecule has 2 aromatic rings. The molecule has 6 amide bonds. The second-order valence-electron chi connectivity index (χ2n) is 19.1. The van der Waals surface area contributed by atoms with E-state index in [9.17, 15) is 19.2 Å². The molecule has 15 heteroatoms. The quantitative estimate of drug-likeness (QED) is 0.131. The number of likely N-dealkylation sites (N-methyl/N-ethyl adjacent to an activating group) is 1. The van der Waals surface area contributed by atoms with Crippen LogP contribution in [0.4, 0.5) is 9.59 Å². The van der Waals surface area contributed by atoms with Crippen LogP contribution in [0.2, 0.25) is 0 Å². The van der Waals surface area contributed by atoms with Crippen LogP contribution in [-0.4, -0.2) is 154 Å². The number of carbonyl (C=O) groups excluding carboxylic acids is 4. The van der Waals surface area contributed by atoms with Crippen molar-refractivity contribution < 1.29 is 23.9 Å². The molecular weight excluding hydrogens is 857 g/mol. The van der Waals surface area contributed by atoms with Crippen LogP contribution in [0.3, 0.4) is 0 Å². The third-order valence-corrected chi connectivity index (χ3v) is 17.7. The van der Waals surface area contributed by atoms with E-state index in [4.69, 9.17) is 4.74 Å². The number of hydrogen-bond donors (Lipinski definition) is 3. The van der Waals surface area contributed by atoms with E-state index in [0.29, 0.717) is 43.0 Å². The van der Waals surface area contributed by atoms with Gasteiger partial charge in [0.05, 0.1) is 35.5 Å². The Morgan fingerprint density at radius 2 is 1.35 bits per heavy atom. The van der Waals surface area contributed by atoms with Gasteiger partial charge >= 0.3 is 12.1 Å². The molecule has 0 spiro atoms. The summed E-state index contributed by atoms with van der Waals surface area (Å²) in [5, 5.41) is 9.46. The minimum absolute atomic E-state index is 0.00440. The average molecular weight is 931 g/mol. The fourth-order valence-corrected chi connectivity index (χ4v) is 14.0. The Balaban J connectivity index is 0.762. The first-order chi connectivity index (χ1) is 31.8. The van der Waals surface area contributed by atoms with Crippen molar-refractivity contribution in [3.8, 4) is 0 Å². The standard InChI is InChI=1S/C50H74N8O5S2/c1-2-54(25-27-56-43-17-9-15-41(43)47(53-49(56)61)64-35-45(59)51-33-38-11-5-3-6-12-38)24-23-37-19-21-39(22-20-37)34-52-46(60)36-65-48-42-16-10-18-44(42)57(28-26-55-29-31-63-32-30-55)50(62)58(48)40-13-7-4-8-14-40/h3,5-6,11-12,19-22,40-44,47-48H,2,4,7-10,13-18,23-36H2,1H3,(H,51,59)(H,52,60)(H,53,61). The van der Waals surface area contributed by atoms with Gasteiger partial charge in [-0.2, -0.15) is 0 Å². The number of urea groups is 2. The van der Waals surface area contributed by atoms with Gasteiger partial charge in [-0.25, -0.2) is 9.59 Å². The Morgan fingerprint density at radius 3 is 2.06 bits per heavy atom. The highest BCUT2D eigenvalue weighted by Crippen LogP contribution is 2.45. The number of thioether (sulfide) groups is 2. The zero-order valence-electron chi connectivity index (χ0n) is 38.7. The van der Waals surface area contributed by atoms with Gasteiger partial charge in [0.1, 0.15) is 0 Å². The van der Waals surface area contributed by atoms with Gasteiger partial charge in [-0.1, -0.05) is 93.6 Å². The summed E-state index contributed by atoms with van der Waals surface area (Å²) in [4.78, 5) is 65.3. The lowest BCUT2D eigenvalue weighted by molar-refractivity contribution is -0.119. The maximum absolute atomic E-state index is 14.4. The molecule has 65 heavy (non-hydrogen) atoms. The third-order valence-electron chi connectivity index (χ3n) is 15.1. The molecule has 3 saturated heterocycles. The van der Waals surface area contributed by atoms with Gasteiger partial charge < -0.3 is 40.3 Å². The average Bonchev–Trinajstić information content (AvgIpc) is 4.04. The van der Waals surface area contributed by atoms with Crippen LogP contribution in [-0.2, 0) is 33.8 Å². The summed E-state index contributed by atoms with van der Waals surface area (Å²) in [6.45, 7) is 11.6. The molecule has 13 nitrogen and oxygen atoms in total. The van der Waals surface area contributed by atoms with Crippen LogP contribution in [0.15, 0.2) is 54.6 Å². The molecule has 6 atom stereocenters. The Labute approximate surface area is 396 Å². The van der Waals surface area contributed by atoms with Crippen LogP contribution in [0.25, 0.3) is 0 Å². The zero-order valence-corrected chi connectivity index (χ0v) is 40.3. The maximum atomic E-state index is 14.4. The van der Waals surface area contributed by atoms with Crippen molar-refractivity contribution in [1.82, 2.24) is 40.4 Å². The minimum atomic E-state index is -0.0422. The van der Waals surface area contributed by atoms with E-state index in [1.807, 2.05) is 30.3 Å². The summed E-state index contributed by atoms with van der Waals surface area (Å²) in [5.74, 6) is 1.46. The minimum Gasteiger partial charge on any atom is -0.379 e. The van der Waals surface area contributed by atoms with Crippen LogP contribution >= 0.6 is 23.5 Å². The number of nitrogens with zero attached hydrogens (tertiary/aromatic N) is 5. The largest absolute Gasteiger partial charge is 0.379 e. The summed E-state index contributed by atoms with van der Waals surface area (Å²) in [5.41, 5.74) is 3.41. The van der Waals surface area contributed by atoms with Gasteiger partial charge in [0.15, 0.2) is 0 Å². The zero-order chi connectivity index (χ0) is 45.0. The summed E-state index contributed by atoms with van der Waals surface area (Å²) in [6, 6.07) is 19.5. The first-order valence-electron chi connectivity index (χ1n) is 24.9. The number of ether oxygens (including phenoxy) is 1. The molecule has 356 valence electrons. The lowest BCUT2D eigenvalue weighted by atomic mass is 9.90. The molecule has 6 aliphatic rings. The van der Waals surface area contributed by atoms with Gasteiger partial charge in [-0.05, 0) is 68.2 Å². The topological polar surface area (TPSA) is 130 Å². The van der Waals surface area contributed by atoms with E-state index < -0.39 is 0 Å². The number of carbonyl (C=O) groups is 4. The second-order valence-corrected chi connectivity index (χ2v) is 21.3. The number of amides is 6. The lowest BCUT2D eigenvalue weighted by Gasteiger charge is -2.52. The molecule has 3 N–H and O–H groups in total. The SMILES string of the molecule is CCN(CCc1ccc(CNC(=O)CSC2C3CCCC3N(CCN3CCOCC3)C(=O)N2C2CCCCC2)cc1)CCN1C(=O)NC(SCC(=O)NCc2ccccc2)C2CCCC21. The summed E-state index contributed by atoms with van der Waals surface area (Å²) >= 11 is 3.26. The Bertz CT molecular complexity index is 1850. The van der Waals surface area contributed by atoms with E-state index in [-0.39, 0.29) is 52.7 Å². The number of nitrogens with one attached hydrogen (secondary N) is 3. The van der Waals surface area contributed by atoms with Crippen molar-refractivity contribution >= 4 is 47.4 Å². The van der Waals surface area contributed by atoms with Crippen molar-refractivity contribution in [1.29, 1.82) is 0 Å². The van der Waals surface area contributed by atoms with Gasteiger partial charge in [-0.15, -0.1) is 23.5 Å². The van der Waals surface area contributed by atoms with Gasteiger partial charge in [0.25, 0.3) is 0 Å². The van der Waals surface area contributed by atoms with Gasteiger partial charge in [0.2, 0.25) is 11.8 Å². The monoisotopic (exact) mass is 931 g/mol. The number of fused-ring (bicyclic) bond motifs is 2. The van der Waals surface area contributed by atoms with Crippen molar-refractivity contribution in [3.63, 3.8) is 0 Å². The molecule has 8 rings (SSSR count). The van der Waals surface area contributed by atoms with Gasteiger partial charge in [0, 0.05) is 88.9 Å². The normalized spacial score (nSPS) is 26.3. The molecule has 3 aliphatic heterocycles. The van der Waals surface area contributed by atoms with E-state index in [1.165, 1.54) is 24.8 Å². The highest BCUT2D eigenvalue weighted by molar-refractivity contribution is 8.00. The van der Waals surface area contributed by atoms with E-state index in [1.54, 1.807) is 23.5 Å². The van der Waals surface area contributed by atoms with Gasteiger partial charge in [-0.3, -0.25) is 14.5 Å². The number of hydrogen-bond acceptors (Lipinski definition) is 9. The maximum Gasteiger partial charge on any atom is 0.321 e. The molecular formula is C50H74N8O5S2. The molecule has 3 heterocycles. The number of morpholine rings is 1. The first kappa shape index (κ1) is 48.0. The van der Waals surface area contributed by atoms with Crippen LogP contribution in [0, 0.1) is 11.8 Å². The second kappa shape index (κ2) is 24.0. The molecule has 6 fully saturated rings. The Kier molecular flexibility index (Phi) is 17.7. The van der Waals surface area contributed by atoms with Crippen LogP contribution in [0.1, 0.15) is 94.2 Å².